The third-order valence-corrected chi connectivity index (χ3v) is 2.67. The van der Waals surface area contributed by atoms with E-state index in [-0.39, 0.29) is 11.1 Å². The summed E-state index contributed by atoms with van der Waals surface area (Å²) in [7, 11) is 1.46. The van der Waals surface area contributed by atoms with Crippen LogP contribution in [0.15, 0.2) is 36.4 Å². The van der Waals surface area contributed by atoms with E-state index in [2.05, 4.69) is 0 Å². The van der Waals surface area contributed by atoms with Crippen LogP contribution in [0.3, 0.4) is 0 Å². The number of hydrogen-bond donors (Lipinski definition) is 1. The molecule has 98 valence electrons. The Hall–Kier alpha value is -2.43. The summed E-state index contributed by atoms with van der Waals surface area (Å²) in [6.07, 6.45) is 0. The van der Waals surface area contributed by atoms with Gasteiger partial charge in [-0.25, -0.2) is 8.78 Å². The van der Waals surface area contributed by atoms with Crippen molar-refractivity contribution in [3.63, 3.8) is 0 Å². The molecule has 0 saturated carbocycles. The second kappa shape index (κ2) is 5.06. The molecule has 0 atom stereocenters. The van der Waals surface area contributed by atoms with Gasteiger partial charge in [0.05, 0.1) is 12.8 Å². The van der Waals surface area contributed by atoms with E-state index in [4.69, 9.17) is 10.5 Å². The Morgan fingerprint density at radius 1 is 1.05 bits per heavy atom. The molecule has 3 nitrogen and oxygen atoms in total. The van der Waals surface area contributed by atoms with E-state index in [1.54, 1.807) is 6.07 Å². The van der Waals surface area contributed by atoms with Gasteiger partial charge in [-0.1, -0.05) is 0 Å². The van der Waals surface area contributed by atoms with Crippen molar-refractivity contribution in [1.82, 2.24) is 0 Å². The predicted octanol–water partition coefficient (Wildman–Crippen LogP) is 2.79. The molecule has 5 heteroatoms. The number of benzene rings is 2. The zero-order valence-electron chi connectivity index (χ0n) is 10.1. The van der Waals surface area contributed by atoms with Gasteiger partial charge in [0.1, 0.15) is 5.75 Å². The van der Waals surface area contributed by atoms with E-state index >= 15 is 0 Å². The molecule has 2 aromatic carbocycles. The number of hydrogen-bond acceptors (Lipinski definition) is 3. The number of ketones is 1. The number of ether oxygens (including phenoxy) is 1. The van der Waals surface area contributed by atoms with Gasteiger partial charge in [-0.05, 0) is 36.4 Å². The summed E-state index contributed by atoms with van der Waals surface area (Å²) in [5, 5.41) is 0. The molecule has 2 rings (SSSR count). The van der Waals surface area contributed by atoms with Crippen LogP contribution in [0.4, 0.5) is 14.5 Å². The summed E-state index contributed by atoms with van der Waals surface area (Å²) in [4.78, 5) is 12.1. The first-order valence-electron chi connectivity index (χ1n) is 5.46. The van der Waals surface area contributed by atoms with Crippen LogP contribution < -0.4 is 10.5 Å². The van der Waals surface area contributed by atoms with Gasteiger partial charge in [-0.3, -0.25) is 4.79 Å². The summed E-state index contributed by atoms with van der Waals surface area (Å²) in [5.74, 6) is -2.05. The molecule has 2 N–H and O–H groups in total. The number of halogens is 2. The van der Waals surface area contributed by atoms with Crippen LogP contribution in [0.2, 0.25) is 0 Å². The van der Waals surface area contributed by atoms with E-state index < -0.39 is 17.4 Å². The Kier molecular flexibility index (Phi) is 3.46. The highest BCUT2D eigenvalue weighted by molar-refractivity contribution is 6.09. The van der Waals surface area contributed by atoms with Gasteiger partial charge in [-0.15, -0.1) is 0 Å². The fourth-order valence-electron chi connectivity index (χ4n) is 1.68. The maximum atomic E-state index is 13.1. The standard InChI is InChI=1S/C14H11F2NO2/c1-19-13-5-3-9(7-12(13)17)14(18)8-2-4-10(15)11(16)6-8/h2-7H,17H2,1H3. The number of rotatable bonds is 3. The topological polar surface area (TPSA) is 52.3 Å². The molecular weight excluding hydrogens is 252 g/mol. The van der Waals surface area contributed by atoms with Crippen LogP contribution in [0.5, 0.6) is 5.75 Å². The van der Waals surface area contributed by atoms with Crippen molar-refractivity contribution in [2.45, 2.75) is 0 Å². The number of carbonyl (C=O) groups excluding carboxylic acids is 1. The molecule has 0 amide bonds. The van der Waals surface area contributed by atoms with Crippen LogP contribution in [-0.4, -0.2) is 12.9 Å². The lowest BCUT2D eigenvalue weighted by Crippen LogP contribution is -2.04. The molecule has 2 aromatic rings. The summed E-state index contributed by atoms with van der Waals surface area (Å²) in [6.45, 7) is 0. The van der Waals surface area contributed by atoms with Crippen molar-refractivity contribution in [2.24, 2.45) is 0 Å². The number of carbonyl (C=O) groups is 1. The summed E-state index contributed by atoms with van der Waals surface area (Å²) in [5.41, 5.74) is 6.33. The third-order valence-electron chi connectivity index (χ3n) is 2.67. The molecular formula is C14H11F2NO2. The number of anilines is 1. The van der Waals surface area contributed by atoms with Gasteiger partial charge in [-0.2, -0.15) is 0 Å². The van der Waals surface area contributed by atoms with Gasteiger partial charge in [0, 0.05) is 11.1 Å². The average molecular weight is 263 g/mol. The van der Waals surface area contributed by atoms with Gasteiger partial charge >= 0.3 is 0 Å². The quantitative estimate of drug-likeness (QED) is 0.684. The van der Waals surface area contributed by atoms with E-state index in [1.807, 2.05) is 0 Å². The molecule has 0 aliphatic rings. The van der Waals surface area contributed by atoms with Gasteiger partial charge in [0.2, 0.25) is 0 Å². The third kappa shape index (κ3) is 2.54. The molecule has 19 heavy (non-hydrogen) atoms. The monoisotopic (exact) mass is 263 g/mol. The lowest BCUT2D eigenvalue weighted by molar-refractivity contribution is 0.103. The van der Waals surface area contributed by atoms with E-state index in [1.165, 1.54) is 25.3 Å². The number of nitrogen functional groups attached to an aromatic ring is 1. The smallest absolute Gasteiger partial charge is 0.193 e. The first-order valence-corrected chi connectivity index (χ1v) is 5.46. The maximum absolute atomic E-state index is 13.1. The van der Waals surface area contributed by atoms with Crippen LogP contribution in [0.1, 0.15) is 15.9 Å². The van der Waals surface area contributed by atoms with Crippen LogP contribution >= 0.6 is 0 Å². The Morgan fingerprint density at radius 2 is 1.68 bits per heavy atom. The van der Waals surface area contributed by atoms with Gasteiger partial charge in [0.25, 0.3) is 0 Å². The van der Waals surface area contributed by atoms with E-state index in [0.717, 1.165) is 12.1 Å². The number of methoxy groups -OCH3 is 1. The molecule has 0 bridgehead atoms. The Bertz CT molecular complexity index is 641. The van der Waals surface area contributed by atoms with E-state index in [9.17, 15) is 13.6 Å². The van der Waals surface area contributed by atoms with Crippen LogP contribution in [0.25, 0.3) is 0 Å². The number of nitrogens with two attached hydrogens (primary N) is 1. The molecule has 0 radical (unpaired) electrons. The van der Waals surface area contributed by atoms with Crippen molar-refractivity contribution < 1.29 is 18.3 Å². The Balaban J connectivity index is 2.38. The molecule has 0 aliphatic heterocycles. The molecule has 0 heterocycles. The van der Waals surface area contributed by atoms with Crippen molar-refractivity contribution in [3.05, 3.63) is 59.2 Å². The highest BCUT2D eigenvalue weighted by atomic mass is 19.2. The van der Waals surface area contributed by atoms with Crippen LogP contribution in [0, 0.1) is 11.6 Å². The summed E-state index contributed by atoms with van der Waals surface area (Å²) < 4.78 is 30.9. The second-order valence-electron chi connectivity index (χ2n) is 3.91. The van der Waals surface area contributed by atoms with Crippen molar-refractivity contribution in [2.75, 3.05) is 12.8 Å². The minimum absolute atomic E-state index is 0.0588. The summed E-state index contributed by atoms with van der Waals surface area (Å²) >= 11 is 0. The molecule has 0 unspecified atom stereocenters. The van der Waals surface area contributed by atoms with Crippen molar-refractivity contribution in [1.29, 1.82) is 0 Å². The zero-order valence-corrected chi connectivity index (χ0v) is 10.1. The van der Waals surface area contributed by atoms with Gasteiger partial charge < -0.3 is 10.5 Å². The SMILES string of the molecule is COc1ccc(C(=O)c2ccc(F)c(F)c2)cc1N. The van der Waals surface area contributed by atoms with Crippen molar-refractivity contribution in [3.8, 4) is 5.75 Å². The van der Waals surface area contributed by atoms with E-state index in [0.29, 0.717) is 11.4 Å². The molecule has 0 aliphatic carbocycles. The minimum Gasteiger partial charge on any atom is -0.495 e. The average Bonchev–Trinajstić information content (AvgIpc) is 2.41. The normalized spacial score (nSPS) is 10.3. The highest BCUT2D eigenvalue weighted by Crippen LogP contribution is 2.23. The Morgan fingerprint density at radius 3 is 2.26 bits per heavy atom. The molecule has 0 aromatic heterocycles. The largest absolute Gasteiger partial charge is 0.495 e. The fourth-order valence-corrected chi connectivity index (χ4v) is 1.68. The highest BCUT2D eigenvalue weighted by Gasteiger charge is 2.13. The van der Waals surface area contributed by atoms with Crippen molar-refractivity contribution >= 4 is 11.5 Å². The molecule has 0 saturated heterocycles. The minimum atomic E-state index is -1.06. The Labute approximate surface area is 108 Å². The van der Waals surface area contributed by atoms with Crippen LogP contribution in [-0.2, 0) is 0 Å². The summed E-state index contributed by atoms with van der Waals surface area (Å²) in [6, 6.07) is 7.48. The first kappa shape index (κ1) is 13.0. The lowest BCUT2D eigenvalue weighted by Gasteiger charge is -2.07. The first-order chi connectivity index (χ1) is 9.02. The fraction of sp³-hybridized carbons (Fsp3) is 0.0714. The molecule has 0 fully saturated rings. The second-order valence-corrected chi connectivity index (χ2v) is 3.91. The lowest BCUT2D eigenvalue weighted by atomic mass is 10.0. The zero-order chi connectivity index (χ0) is 14.0. The van der Waals surface area contributed by atoms with Gasteiger partial charge in [0.15, 0.2) is 17.4 Å². The maximum Gasteiger partial charge on any atom is 0.193 e. The predicted molar refractivity (Wildman–Crippen MR) is 67.2 cm³/mol. The molecule has 0 spiro atoms.